The summed E-state index contributed by atoms with van der Waals surface area (Å²) in [6, 6.07) is 3.77. The Labute approximate surface area is 96.7 Å². The monoisotopic (exact) mass is 224 g/mol. The maximum Gasteiger partial charge on any atom is 0.214 e. The topological polar surface area (TPSA) is 54.4 Å². The fourth-order valence-electron chi connectivity index (χ4n) is 1.59. The number of ether oxygens (including phenoxy) is 1. The van der Waals surface area contributed by atoms with Gasteiger partial charge in [-0.15, -0.1) is 0 Å². The molecule has 0 radical (unpaired) electrons. The zero-order chi connectivity index (χ0) is 12.0. The standard InChI is InChI=1S/C12H20N2O2/c1-9(2)6-11(8-15)14-10-4-5-13-12(7-10)16-3/h4-5,7,9,11,15H,6,8H2,1-3H3,(H,13,14). The van der Waals surface area contributed by atoms with Crippen LogP contribution in [-0.2, 0) is 0 Å². The molecule has 1 rings (SSSR count). The normalized spacial score (nSPS) is 12.6. The number of rotatable bonds is 6. The van der Waals surface area contributed by atoms with Gasteiger partial charge in [-0.3, -0.25) is 0 Å². The van der Waals surface area contributed by atoms with E-state index in [9.17, 15) is 5.11 Å². The number of hydrogen-bond acceptors (Lipinski definition) is 4. The molecule has 0 saturated heterocycles. The summed E-state index contributed by atoms with van der Waals surface area (Å²) in [4.78, 5) is 4.03. The molecule has 0 aromatic carbocycles. The first-order valence-corrected chi connectivity index (χ1v) is 5.53. The SMILES string of the molecule is COc1cc(NC(CO)CC(C)C)ccn1. The first-order chi connectivity index (χ1) is 7.65. The fraction of sp³-hybridized carbons (Fsp3) is 0.583. The van der Waals surface area contributed by atoms with Crippen LogP contribution in [-0.4, -0.2) is 29.8 Å². The summed E-state index contributed by atoms with van der Waals surface area (Å²) < 4.78 is 5.04. The molecule has 0 bridgehead atoms. The molecule has 1 unspecified atom stereocenters. The second-order valence-corrected chi connectivity index (χ2v) is 4.24. The van der Waals surface area contributed by atoms with E-state index in [4.69, 9.17) is 4.74 Å². The first-order valence-electron chi connectivity index (χ1n) is 5.53. The minimum Gasteiger partial charge on any atom is -0.481 e. The second-order valence-electron chi connectivity index (χ2n) is 4.24. The van der Waals surface area contributed by atoms with Crippen molar-refractivity contribution < 1.29 is 9.84 Å². The van der Waals surface area contributed by atoms with E-state index in [1.807, 2.05) is 12.1 Å². The van der Waals surface area contributed by atoms with E-state index in [0.29, 0.717) is 11.8 Å². The number of methoxy groups -OCH3 is 1. The molecule has 1 aromatic heterocycles. The van der Waals surface area contributed by atoms with E-state index in [2.05, 4.69) is 24.1 Å². The minimum absolute atomic E-state index is 0.0760. The second kappa shape index (κ2) is 6.33. The average Bonchev–Trinajstić information content (AvgIpc) is 2.28. The molecule has 2 N–H and O–H groups in total. The molecular weight excluding hydrogens is 204 g/mol. The van der Waals surface area contributed by atoms with Gasteiger partial charge < -0.3 is 15.2 Å². The third kappa shape index (κ3) is 4.06. The van der Waals surface area contributed by atoms with Crippen LogP contribution in [0.4, 0.5) is 5.69 Å². The summed E-state index contributed by atoms with van der Waals surface area (Å²) in [6.45, 7) is 4.40. The molecule has 0 aliphatic carbocycles. The summed E-state index contributed by atoms with van der Waals surface area (Å²) in [7, 11) is 1.59. The lowest BCUT2D eigenvalue weighted by atomic mass is 10.0. The van der Waals surface area contributed by atoms with Crippen molar-refractivity contribution >= 4 is 5.69 Å². The molecule has 0 fully saturated rings. The summed E-state index contributed by atoms with van der Waals surface area (Å²) in [5, 5.41) is 12.5. The third-order valence-electron chi connectivity index (χ3n) is 2.29. The summed E-state index contributed by atoms with van der Waals surface area (Å²) in [5.41, 5.74) is 0.923. The van der Waals surface area contributed by atoms with Gasteiger partial charge in [0.1, 0.15) is 0 Å². The maximum atomic E-state index is 9.25. The number of hydrogen-bond donors (Lipinski definition) is 2. The molecule has 90 valence electrons. The van der Waals surface area contributed by atoms with Crippen molar-refractivity contribution in [3.8, 4) is 5.88 Å². The van der Waals surface area contributed by atoms with Crippen LogP contribution < -0.4 is 10.1 Å². The van der Waals surface area contributed by atoms with E-state index < -0.39 is 0 Å². The molecule has 0 spiro atoms. The van der Waals surface area contributed by atoms with Crippen molar-refractivity contribution in [2.24, 2.45) is 5.92 Å². The highest BCUT2D eigenvalue weighted by atomic mass is 16.5. The number of nitrogens with one attached hydrogen (secondary N) is 1. The van der Waals surface area contributed by atoms with Crippen molar-refractivity contribution in [3.63, 3.8) is 0 Å². The highest BCUT2D eigenvalue weighted by Gasteiger charge is 2.09. The van der Waals surface area contributed by atoms with E-state index >= 15 is 0 Å². The Bertz CT molecular complexity index is 316. The highest BCUT2D eigenvalue weighted by Crippen LogP contribution is 2.16. The van der Waals surface area contributed by atoms with Gasteiger partial charge in [0, 0.05) is 24.0 Å². The van der Waals surface area contributed by atoms with Gasteiger partial charge in [0.05, 0.1) is 13.7 Å². The Morgan fingerprint density at radius 2 is 2.25 bits per heavy atom. The van der Waals surface area contributed by atoms with Crippen LogP contribution in [0.5, 0.6) is 5.88 Å². The number of aliphatic hydroxyl groups is 1. The fourth-order valence-corrected chi connectivity index (χ4v) is 1.59. The minimum atomic E-state index is 0.0760. The largest absolute Gasteiger partial charge is 0.481 e. The smallest absolute Gasteiger partial charge is 0.214 e. The Hall–Kier alpha value is -1.29. The molecule has 1 aromatic rings. The maximum absolute atomic E-state index is 9.25. The Morgan fingerprint density at radius 3 is 2.81 bits per heavy atom. The van der Waals surface area contributed by atoms with Crippen LogP contribution in [0.25, 0.3) is 0 Å². The lowest BCUT2D eigenvalue weighted by Gasteiger charge is -2.19. The Kier molecular flexibility index (Phi) is 5.05. The first kappa shape index (κ1) is 12.8. The van der Waals surface area contributed by atoms with Crippen molar-refractivity contribution in [3.05, 3.63) is 18.3 Å². The summed E-state index contributed by atoms with van der Waals surface area (Å²) in [5.74, 6) is 1.12. The number of anilines is 1. The zero-order valence-electron chi connectivity index (χ0n) is 10.1. The van der Waals surface area contributed by atoms with Crippen LogP contribution in [0.2, 0.25) is 0 Å². The van der Waals surface area contributed by atoms with Gasteiger partial charge >= 0.3 is 0 Å². The average molecular weight is 224 g/mol. The van der Waals surface area contributed by atoms with Gasteiger partial charge in [0.15, 0.2) is 0 Å². The highest BCUT2D eigenvalue weighted by molar-refractivity contribution is 5.45. The summed E-state index contributed by atoms with van der Waals surface area (Å²) >= 11 is 0. The zero-order valence-corrected chi connectivity index (χ0v) is 10.1. The van der Waals surface area contributed by atoms with Gasteiger partial charge in [-0.1, -0.05) is 13.8 Å². The van der Waals surface area contributed by atoms with Crippen LogP contribution >= 0.6 is 0 Å². The molecular formula is C12H20N2O2. The lowest BCUT2D eigenvalue weighted by Crippen LogP contribution is -2.25. The molecule has 0 aliphatic heterocycles. The van der Waals surface area contributed by atoms with Crippen molar-refractivity contribution in [2.45, 2.75) is 26.3 Å². The number of pyridine rings is 1. The van der Waals surface area contributed by atoms with E-state index in [-0.39, 0.29) is 12.6 Å². The van der Waals surface area contributed by atoms with Gasteiger partial charge in [0.2, 0.25) is 5.88 Å². The van der Waals surface area contributed by atoms with Crippen molar-refractivity contribution in [1.29, 1.82) is 0 Å². The predicted octanol–water partition coefficient (Wildman–Crippen LogP) is 1.91. The summed E-state index contributed by atoms with van der Waals surface area (Å²) in [6.07, 6.45) is 2.62. The lowest BCUT2D eigenvalue weighted by molar-refractivity contribution is 0.259. The van der Waals surface area contributed by atoms with Crippen molar-refractivity contribution in [1.82, 2.24) is 4.98 Å². The molecule has 1 atom stereocenters. The molecule has 1 heterocycles. The van der Waals surface area contributed by atoms with Crippen LogP contribution in [0.1, 0.15) is 20.3 Å². The molecule has 4 heteroatoms. The third-order valence-corrected chi connectivity index (χ3v) is 2.29. The number of aromatic nitrogens is 1. The number of nitrogens with zero attached hydrogens (tertiary/aromatic N) is 1. The van der Waals surface area contributed by atoms with Gasteiger partial charge in [-0.25, -0.2) is 4.98 Å². The van der Waals surface area contributed by atoms with Crippen LogP contribution in [0.15, 0.2) is 18.3 Å². The molecule has 16 heavy (non-hydrogen) atoms. The predicted molar refractivity (Wildman–Crippen MR) is 64.7 cm³/mol. The van der Waals surface area contributed by atoms with Crippen LogP contribution in [0.3, 0.4) is 0 Å². The van der Waals surface area contributed by atoms with E-state index in [1.165, 1.54) is 0 Å². The molecule has 4 nitrogen and oxygen atoms in total. The van der Waals surface area contributed by atoms with Crippen LogP contribution in [0, 0.1) is 5.92 Å². The molecule has 0 amide bonds. The van der Waals surface area contributed by atoms with E-state index in [1.54, 1.807) is 13.3 Å². The van der Waals surface area contributed by atoms with Gasteiger partial charge in [-0.2, -0.15) is 0 Å². The van der Waals surface area contributed by atoms with E-state index in [0.717, 1.165) is 12.1 Å². The quantitative estimate of drug-likeness (QED) is 0.775. The molecule has 0 saturated carbocycles. The Balaban J connectivity index is 2.62. The van der Waals surface area contributed by atoms with Gasteiger partial charge in [0.25, 0.3) is 0 Å². The number of aliphatic hydroxyl groups excluding tert-OH is 1. The van der Waals surface area contributed by atoms with Gasteiger partial charge in [-0.05, 0) is 18.4 Å². The molecule has 0 aliphatic rings. The Morgan fingerprint density at radius 1 is 1.50 bits per heavy atom. The van der Waals surface area contributed by atoms with Crippen molar-refractivity contribution in [2.75, 3.05) is 19.0 Å².